The van der Waals surface area contributed by atoms with Crippen LogP contribution in [0.1, 0.15) is 26.6 Å². The largest absolute Gasteiger partial charge is 0.361 e. The van der Waals surface area contributed by atoms with Gasteiger partial charge in [0.1, 0.15) is 5.82 Å². The van der Waals surface area contributed by atoms with Crippen LogP contribution in [0, 0.1) is 0 Å². The number of aromatic amines is 2. The highest BCUT2D eigenvalue weighted by atomic mass is 16.1. The summed E-state index contributed by atoms with van der Waals surface area (Å²) in [6, 6.07) is 0. The Morgan fingerprint density at radius 3 is 2.50 bits per heavy atom. The molecule has 0 aromatic carbocycles. The average molecular weight is 170 g/mol. The summed E-state index contributed by atoms with van der Waals surface area (Å²) >= 11 is 0. The van der Waals surface area contributed by atoms with Crippen LogP contribution in [0.3, 0.4) is 0 Å². The SMILES string of the molecule is CC(C)(C)NCc1nc(=O)[nH][nH]1. The summed E-state index contributed by atoms with van der Waals surface area (Å²) in [7, 11) is 0. The van der Waals surface area contributed by atoms with Gasteiger partial charge in [-0.25, -0.2) is 9.89 Å². The molecule has 68 valence electrons. The molecule has 1 aromatic heterocycles. The lowest BCUT2D eigenvalue weighted by Crippen LogP contribution is -2.35. The van der Waals surface area contributed by atoms with E-state index in [2.05, 4.69) is 41.3 Å². The summed E-state index contributed by atoms with van der Waals surface area (Å²) < 4.78 is 0. The summed E-state index contributed by atoms with van der Waals surface area (Å²) in [5.41, 5.74) is -0.295. The van der Waals surface area contributed by atoms with Crippen LogP contribution < -0.4 is 11.0 Å². The second kappa shape index (κ2) is 3.10. The summed E-state index contributed by atoms with van der Waals surface area (Å²) in [6.45, 7) is 6.73. The van der Waals surface area contributed by atoms with E-state index in [0.717, 1.165) is 0 Å². The molecule has 0 amide bonds. The molecule has 1 heterocycles. The molecule has 0 aliphatic heterocycles. The summed E-state index contributed by atoms with van der Waals surface area (Å²) in [5.74, 6) is 0.634. The summed E-state index contributed by atoms with van der Waals surface area (Å²) in [4.78, 5) is 14.3. The van der Waals surface area contributed by atoms with Gasteiger partial charge in [0, 0.05) is 5.54 Å². The topological polar surface area (TPSA) is 73.6 Å². The van der Waals surface area contributed by atoms with Crippen LogP contribution in [0.2, 0.25) is 0 Å². The minimum atomic E-state index is -0.333. The van der Waals surface area contributed by atoms with Gasteiger partial charge in [0.25, 0.3) is 0 Å². The molecule has 0 bridgehead atoms. The van der Waals surface area contributed by atoms with Gasteiger partial charge in [0.05, 0.1) is 6.54 Å². The smallest absolute Gasteiger partial charge is 0.305 e. The number of H-pyrrole nitrogens is 2. The van der Waals surface area contributed by atoms with E-state index < -0.39 is 0 Å². The summed E-state index contributed by atoms with van der Waals surface area (Å²) in [5, 5.41) is 8.24. The van der Waals surface area contributed by atoms with E-state index in [4.69, 9.17) is 0 Å². The van der Waals surface area contributed by atoms with Crippen molar-refractivity contribution in [3.05, 3.63) is 16.3 Å². The number of aromatic nitrogens is 3. The maximum absolute atomic E-state index is 10.6. The normalized spacial score (nSPS) is 11.9. The van der Waals surface area contributed by atoms with E-state index in [1.54, 1.807) is 0 Å². The Morgan fingerprint density at radius 1 is 1.42 bits per heavy atom. The number of rotatable bonds is 2. The second-order valence-electron chi connectivity index (χ2n) is 3.72. The molecule has 0 aliphatic rings. The number of nitrogens with zero attached hydrogens (tertiary/aromatic N) is 1. The lowest BCUT2D eigenvalue weighted by atomic mass is 10.1. The van der Waals surface area contributed by atoms with Gasteiger partial charge in [0.2, 0.25) is 0 Å². The molecule has 3 N–H and O–H groups in total. The summed E-state index contributed by atoms with van der Waals surface area (Å²) in [6.07, 6.45) is 0. The Bertz CT molecular complexity index is 293. The van der Waals surface area contributed by atoms with Gasteiger partial charge in [-0.2, -0.15) is 4.98 Å². The molecular weight excluding hydrogens is 156 g/mol. The first-order chi connectivity index (χ1) is 5.47. The highest BCUT2D eigenvalue weighted by Gasteiger charge is 2.09. The van der Waals surface area contributed by atoms with Crippen LogP contribution in [-0.2, 0) is 6.54 Å². The Labute approximate surface area is 70.6 Å². The van der Waals surface area contributed by atoms with Gasteiger partial charge in [-0.3, -0.25) is 5.10 Å². The van der Waals surface area contributed by atoms with Crippen molar-refractivity contribution in [3.8, 4) is 0 Å². The maximum Gasteiger partial charge on any atom is 0.361 e. The van der Waals surface area contributed by atoms with Crippen LogP contribution in [0.25, 0.3) is 0 Å². The van der Waals surface area contributed by atoms with Gasteiger partial charge in [-0.05, 0) is 20.8 Å². The zero-order valence-corrected chi connectivity index (χ0v) is 7.56. The highest BCUT2D eigenvalue weighted by molar-refractivity contribution is 4.82. The second-order valence-corrected chi connectivity index (χ2v) is 3.72. The highest BCUT2D eigenvalue weighted by Crippen LogP contribution is 1.98. The fraction of sp³-hybridized carbons (Fsp3) is 0.714. The van der Waals surface area contributed by atoms with Crippen molar-refractivity contribution >= 4 is 0 Å². The van der Waals surface area contributed by atoms with Crippen molar-refractivity contribution in [2.75, 3.05) is 0 Å². The molecule has 0 saturated carbocycles. The van der Waals surface area contributed by atoms with Crippen LogP contribution in [0.4, 0.5) is 0 Å². The maximum atomic E-state index is 10.6. The first kappa shape index (κ1) is 8.99. The van der Waals surface area contributed by atoms with Crippen LogP contribution in [-0.4, -0.2) is 20.7 Å². The van der Waals surface area contributed by atoms with E-state index in [-0.39, 0.29) is 11.2 Å². The molecule has 5 nitrogen and oxygen atoms in total. The minimum absolute atomic E-state index is 0.0375. The third kappa shape index (κ3) is 2.87. The van der Waals surface area contributed by atoms with Gasteiger partial charge < -0.3 is 5.32 Å². The lowest BCUT2D eigenvalue weighted by Gasteiger charge is -2.19. The standard InChI is InChI=1S/C7H14N4O/c1-7(2,3)8-4-5-9-6(12)11-10-5/h8H,4H2,1-3H3,(H2,9,10,11,12). The predicted octanol–water partition coefficient (Wildman–Crippen LogP) is -0.0139. The molecule has 12 heavy (non-hydrogen) atoms. The van der Waals surface area contributed by atoms with Crippen molar-refractivity contribution in [2.24, 2.45) is 0 Å². The molecule has 0 radical (unpaired) electrons. The minimum Gasteiger partial charge on any atom is -0.305 e. The van der Waals surface area contributed by atoms with E-state index in [1.165, 1.54) is 0 Å². The molecule has 0 spiro atoms. The van der Waals surface area contributed by atoms with Crippen molar-refractivity contribution in [3.63, 3.8) is 0 Å². The van der Waals surface area contributed by atoms with Gasteiger partial charge in [-0.15, -0.1) is 0 Å². The zero-order valence-electron chi connectivity index (χ0n) is 7.56. The molecule has 0 unspecified atom stereocenters. The zero-order chi connectivity index (χ0) is 9.19. The Balaban J connectivity index is 2.49. The molecule has 1 aromatic rings. The first-order valence-electron chi connectivity index (χ1n) is 3.86. The van der Waals surface area contributed by atoms with E-state index in [0.29, 0.717) is 12.4 Å². The van der Waals surface area contributed by atoms with Crippen LogP contribution in [0.5, 0.6) is 0 Å². The molecule has 0 saturated heterocycles. The van der Waals surface area contributed by atoms with Crippen molar-refractivity contribution < 1.29 is 0 Å². The molecular formula is C7H14N4O. The number of hydrogen-bond donors (Lipinski definition) is 3. The average Bonchev–Trinajstić information content (AvgIpc) is 2.30. The van der Waals surface area contributed by atoms with Gasteiger partial charge >= 0.3 is 5.69 Å². The molecule has 0 aliphatic carbocycles. The number of hydrogen-bond acceptors (Lipinski definition) is 3. The van der Waals surface area contributed by atoms with Gasteiger partial charge in [-0.1, -0.05) is 0 Å². The molecule has 0 fully saturated rings. The van der Waals surface area contributed by atoms with E-state index in [9.17, 15) is 4.79 Å². The molecule has 5 heteroatoms. The fourth-order valence-electron chi connectivity index (χ4n) is 0.737. The third-order valence-corrected chi connectivity index (χ3v) is 1.34. The van der Waals surface area contributed by atoms with Crippen molar-refractivity contribution in [1.82, 2.24) is 20.5 Å². The molecule has 0 atom stereocenters. The van der Waals surface area contributed by atoms with Crippen molar-refractivity contribution in [1.29, 1.82) is 0 Å². The van der Waals surface area contributed by atoms with Gasteiger partial charge in [0.15, 0.2) is 0 Å². The quantitative estimate of drug-likeness (QED) is 0.584. The Kier molecular flexibility index (Phi) is 2.32. The van der Waals surface area contributed by atoms with Crippen LogP contribution in [0.15, 0.2) is 4.79 Å². The third-order valence-electron chi connectivity index (χ3n) is 1.34. The molecule has 1 rings (SSSR count). The monoisotopic (exact) mass is 170 g/mol. The van der Waals surface area contributed by atoms with Crippen molar-refractivity contribution in [2.45, 2.75) is 32.9 Å². The van der Waals surface area contributed by atoms with E-state index in [1.807, 2.05) is 0 Å². The number of nitrogens with one attached hydrogen (secondary N) is 3. The Hall–Kier alpha value is -1.10. The van der Waals surface area contributed by atoms with Crippen LogP contribution >= 0.6 is 0 Å². The van der Waals surface area contributed by atoms with E-state index >= 15 is 0 Å². The Morgan fingerprint density at radius 2 is 2.08 bits per heavy atom. The fourth-order valence-corrected chi connectivity index (χ4v) is 0.737. The lowest BCUT2D eigenvalue weighted by molar-refractivity contribution is 0.418. The first-order valence-corrected chi connectivity index (χ1v) is 3.86. The predicted molar refractivity (Wildman–Crippen MR) is 45.8 cm³/mol.